The molecule has 0 aliphatic heterocycles. The molecule has 1 atom stereocenters. The fourth-order valence-electron chi connectivity index (χ4n) is 12.2. The van der Waals surface area contributed by atoms with E-state index >= 15 is 0 Å². The number of hydrogen-bond acceptors (Lipinski definition) is 1. The summed E-state index contributed by atoms with van der Waals surface area (Å²) in [6.45, 7) is 0. The highest BCUT2D eigenvalue weighted by Gasteiger charge is 2.57. The van der Waals surface area contributed by atoms with E-state index in [2.05, 4.69) is 229 Å². The fourth-order valence-corrected chi connectivity index (χ4v) is 12.2. The first kappa shape index (κ1) is 33.1. The number of nitrogens with zero attached hydrogens (tertiary/aromatic N) is 1. The predicted octanol–water partition coefficient (Wildman–Crippen LogP) is 15.0. The quantitative estimate of drug-likeness (QED) is 0.168. The molecule has 0 aromatic heterocycles. The molecule has 1 unspecified atom stereocenters. The molecule has 1 heteroatoms. The molecule has 14 rings (SSSR count). The van der Waals surface area contributed by atoms with Gasteiger partial charge in [-0.3, -0.25) is 0 Å². The van der Waals surface area contributed by atoms with Crippen LogP contribution in [0.4, 0.5) is 17.1 Å². The Labute approximate surface area is 355 Å². The van der Waals surface area contributed by atoms with Gasteiger partial charge in [0.25, 0.3) is 0 Å². The van der Waals surface area contributed by atoms with E-state index in [0.717, 1.165) is 17.1 Å². The van der Waals surface area contributed by atoms with Gasteiger partial charge in [0.05, 0.1) is 10.8 Å². The van der Waals surface area contributed by atoms with Crippen LogP contribution in [0.25, 0.3) is 55.3 Å². The molecule has 0 fully saturated rings. The Hall–Kier alpha value is -7.74. The molecule has 0 saturated heterocycles. The summed E-state index contributed by atoms with van der Waals surface area (Å²) in [7, 11) is 0. The Bertz CT molecular complexity index is 3360. The van der Waals surface area contributed by atoms with Crippen LogP contribution in [0.3, 0.4) is 0 Å². The summed E-state index contributed by atoms with van der Waals surface area (Å²) in [5, 5.41) is 2.45. The van der Waals surface area contributed by atoms with E-state index < -0.39 is 5.41 Å². The summed E-state index contributed by atoms with van der Waals surface area (Å²) in [5.41, 5.74) is 24.0. The van der Waals surface area contributed by atoms with Crippen molar-refractivity contribution < 1.29 is 0 Å². The van der Waals surface area contributed by atoms with Gasteiger partial charge in [0, 0.05) is 17.1 Å². The number of fused-ring (bicyclic) bond motifs is 9. The van der Waals surface area contributed by atoms with Crippen LogP contribution in [-0.4, -0.2) is 0 Å². The largest absolute Gasteiger partial charge is 0.310 e. The van der Waals surface area contributed by atoms with Gasteiger partial charge in [-0.2, -0.15) is 0 Å². The van der Waals surface area contributed by atoms with Crippen molar-refractivity contribution in [2.24, 2.45) is 0 Å². The second kappa shape index (κ2) is 11.9. The van der Waals surface area contributed by atoms with E-state index in [1.165, 1.54) is 99.8 Å². The summed E-state index contributed by atoms with van der Waals surface area (Å²) in [5.74, 6) is 0. The molecule has 4 aliphatic rings. The lowest BCUT2D eigenvalue weighted by Crippen LogP contribution is -2.28. The molecule has 0 bridgehead atoms. The monoisotopic (exact) mass is 771 g/mol. The van der Waals surface area contributed by atoms with Crippen molar-refractivity contribution in [3.63, 3.8) is 0 Å². The Kier molecular flexibility index (Phi) is 6.48. The maximum absolute atomic E-state index is 2.53. The predicted molar refractivity (Wildman–Crippen MR) is 251 cm³/mol. The Balaban J connectivity index is 1.06. The van der Waals surface area contributed by atoms with Crippen LogP contribution in [0, 0.1) is 0 Å². The molecule has 0 heterocycles. The second-order valence-corrected chi connectivity index (χ2v) is 17.1. The van der Waals surface area contributed by atoms with Crippen LogP contribution in [-0.2, 0) is 10.8 Å². The average Bonchev–Trinajstić information content (AvgIpc) is 4.01. The van der Waals surface area contributed by atoms with Crippen molar-refractivity contribution in [1.29, 1.82) is 0 Å². The van der Waals surface area contributed by atoms with Crippen molar-refractivity contribution in [3.8, 4) is 44.5 Å². The minimum absolute atomic E-state index is 0.371. The summed E-state index contributed by atoms with van der Waals surface area (Å²) in [6.07, 6.45) is 0. The lowest BCUT2D eigenvalue weighted by molar-refractivity contribution is 0.768. The van der Waals surface area contributed by atoms with E-state index in [-0.39, 0.29) is 5.41 Å². The molecule has 1 spiro atoms. The number of rotatable bonds is 5. The zero-order valence-corrected chi connectivity index (χ0v) is 33.3. The fraction of sp³-hybridized carbons (Fsp3) is 0.0333. The van der Waals surface area contributed by atoms with Gasteiger partial charge in [-0.15, -0.1) is 0 Å². The van der Waals surface area contributed by atoms with E-state index in [9.17, 15) is 0 Å². The Morgan fingerprint density at radius 1 is 0.246 bits per heavy atom. The van der Waals surface area contributed by atoms with Crippen molar-refractivity contribution in [2.45, 2.75) is 10.8 Å². The zero-order chi connectivity index (χ0) is 39.9. The standard InChI is InChI=1S/C60H37N/c1-3-17-40(18-4-1)59(41-19-5-2-6-20-41)53-27-11-9-21-45(53)47-33-31-43(36-55(47)59)61(42-30-29-38-15-7-8-16-39(38)35-42)44-32-34-48-50-24-14-26-52-51-25-13-23-49-46-22-10-12-28-54(46)60(57(49)51,58(50)52)56(48)37-44/h1-37H. The smallest absolute Gasteiger partial charge is 0.0738 e. The van der Waals surface area contributed by atoms with Crippen LogP contribution in [0.1, 0.15) is 44.5 Å². The highest BCUT2D eigenvalue weighted by Crippen LogP contribution is 2.70. The molecule has 61 heavy (non-hydrogen) atoms. The average molecular weight is 772 g/mol. The SMILES string of the molecule is c1ccc(C2(c3ccccc3)c3ccccc3-c3ccc(N(c4ccc5c(c4)C46c7ccccc7-c7cccc(c74)-c4cccc-5c46)c4ccc5ccccc5c4)cc32)cc1. The van der Waals surface area contributed by atoms with E-state index in [1.54, 1.807) is 0 Å². The van der Waals surface area contributed by atoms with Crippen molar-refractivity contribution in [3.05, 3.63) is 269 Å². The van der Waals surface area contributed by atoms with Gasteiger partial charge >= 0.3 is 0 Å². The molecule has 0 N–H and O–H groups in total. The third-order valence-electron chi connectivity index (χ3n) is 14.4. The third kappa shape index (κ3) is 4.06. The lowest BCUT2D eigenvalue weighted by atomic mass is 9.67. The van der Waals surface area contributed by atoms with E-state index in [4.69, 9.17) is 0 Å². The molecule has 0 saturated carbocycles. The molecule has 0 radical (unpaired) electrons. The Morgan fingerprint density at radius 3 is 1.25 bits per heavy atom. The van der Waals surface area contributed by atoms with E-state index in [1.807, 2.05) is 0 Å². The minimum atomic E-state index is -0.508. The van der Waals surface area contributed by atoms with Gasteiger partial charge in [-0.1, -0.05) is 188 Å². The highest BCUT2D eigenvalue weighted by molar-refractivity contribution is 6.06. The molecule has 1 nitrogen and oxygen atoms in total. The van der Waals surface area contributed by atoms with Crippen LogP contribution in [0.15, 0.2) is 224 Å². The summed E-state index contributed by atoms with van der Waals surface area (Å²) >= 11 is 0. The number of hydrogen-bond donors (Lipinski definition) is 0. The molecule has 10 aromatic carbocycles. The van der Waals surface area contributed by atoms with Crippen molar-refractivity contribution in [2.75, 3.05) is 4.90 Å². The van der Waals surface area contributed by atoms with Crippen LogP contribution in [0.5, 0.6) is 0 Å². The highest BCUT2D eigenvalue weighted by atomic mass is 15.1. The first-order chi connectivity index (χ1) is 30.3. The van der Waals surface area contributed by atoms with Gasteiger partial charge in [-0.25, -0.2) is 0 Å². The zero-order valence-electron chi connectivity index (χ0n) is 33.3. The normalized spacial score (nSPS) is 16.1. The first-order valence-electron chi connectivity index (χ1n) is 21.4. The van der Waals surface area contributed by atoms with Crippen LogP contribution >= 0.6 is 0 Å². The lowest BCUT2D eigenvalue weighted by Gasteiger charge is -2.35. The van der Waals surface area contributed by atoms with Crippen LogP contribution < -0.4 is 4.90 Å². The van der Waals surface area contributed by atoms with Gasteiger partial charge in [0.1, 0.15) is 0 Å². The number of benzene rings is 10. The summed E-state index contributed by atoms with van der Waals surface area (Å²) in [4.78, 5) is 2.51. The summed E-state index contributed by atoms with van der Waals surface area (Å²) in [6, 6.07) is 84.5. The maximum Gasteiger partial charge on any atom is 0.0738 e. The van der Waals surface area contributed by atoms with Gasteiger partial charge in [-0.05, 0) is 136 Å². The second-order valence-electron chi connectivity index (χ2n) is 17.1. The van der Waals surface area contributed by atoms with Gasteiger partial charge < -0.3 is 4.90 Å². The topological polar surface area (TPSA) is 3.24 Å². The van der Waals surface area contributed by atoms with Crippen molar-refractivity contribution in [1.82, 2.24) is 0 Å². The van der Waals surface area contributed by atoms with Gasteiger partial charge in [0.15, 0.2) is 0 Å². The molecule has 10 aromatic rings. The molecular formula is C60H37N. The molecular weight excluding hydrogens is 735 g/mol. The van der Waals surface area contributed by atoms with Crippen molar-refractivity contribution >= 4 is 27.8 Å². The molecule has 282 valence electrons. The third-order valence-corrected chi connectivity index (χ3v) is 14.4. The first-order valence-corrected chi connectivity index (χ1v) is 21.4. The van der Waals surface area contributed by atoms with Crippen LogP contribution in [0.2, 0.25) is 0 Å². The molecule has 4 aliphatic carbocycles. The summed E-state index contributed by atoms with van der Waals surface area (Å²) < 4.78 is 0. The number of anilines is 3. The van der Waals surface area contributed by atoms with E-state index in [0.29, 0.717) is 0 Å². The maximum atomic E-state index is 2.53. The minimum Gasteiger partial charge on any atom is -0.310 e. The molecule has 0 amide bonds. The van der Waals surface area contributed by atoms with Gasteiger partial charge in [0.2, 0.25) is 0 Å². The Morgan fingerprint density at radius 2 is 0.639 bits per heavy atom.